The minimum Gasteiger partial charge on any atom is -0.467 e. The Bertz CT molecular complexity index is 915. The van der Waals surface area contributed by atoms with Crippen LogP contribution in [0.2, 0.25) is 0 Å². The predicted molar refractivity (Wildman–Crippen MR) is 178 cm³/mol. The van der Waals surface area contributed by atoms with Crippen molar-refractivity contribution in [1.82, 2.24) is 0 Å². The van der Waals surface area contributed by atoms with Crippen LogP contribution in [0.15, 0.2) is 24.3 Å². The van der Waals surface area contributed by atoms with Crippen LogP contribution in [-0.4, -0.2) is 34.0 Å². The van der Waals surface area contributed by atoms with Crippen molar-refractivity contribution in [2.24, 2.45) is 0 Å². The highest BCUT2D eigenvalue weighted by atomic mass is 31.1. The summed E-state index contributed by atoms with van der Waals surface area (Å²) in [5.41, 5.74) is 5.55. The number of benzene rings is 2. The second kappa shape index (κ2) is 21.1. The largest absolute Gasteiger partial charge is 0.467 e. The van der Waals surface area contributed by atoms with E-state index in [9.17, 15) is 0 Å². The van der Waals surface area contributed by atoms with Gasteiger partial charge < -0.3 is 18.9 Å². The summed E-state index contributed by atoms with van der Waals surface area (Å²) in [4.78, 5) is 0. The molecular formula is C36H59O4P. The zero-order valence-corrected chi connectivity index (χ0v) is 28.3. The highest BCUT2D eigenvalue weighted by Crippen LogP contribution is 2.44. The molecule has 41 heavy (non-hydrogen) atoms. The molecule has 0 aliphatic carbocycles. The van der Waals surface area contributed by atoms with Crippen LogP contribution in [0, 0.1) is 0 Å². The molecule has 0 radical (unpaired) electrons. The SMILES string of the molecule is CCCCc1cc(CCCC)c(OCOC)c(P(CCCC)c2cc(CCCC)cc(CCCC)c2OCOC)c1. The van der Waals surface area contributed by atoms with E-state index in [1.54, 1.807) is 14.2 Å². The Morgan fingerprint density at radius 2 is 0.902 bits per heavy atom. The third-order valence-electron chi connectivity index (χ3n) is 7.61. The number of hydrogen-bond donors (Lipinski definition) is 0. The van der Waals surface area contributed by atoms with Crippen molar-refractivity contribution in [3.05, 3.63) is 46.5 Å². The minimum atomic E-state index is -0.717. The van der Waals surface area contributed by atoms with E-state index < -0.39 is 7.92 Å². The van der Waals surface area contributed by atoms with Crippen LogP contribution < -0.4 is 20.1 Å². The van der Waals surface area contributed by atoms with Gasteiger partial charge in [0.05, 0.1) is 0 Å². The second-order valence-electron chi connectivity index (χ2n) is 11.2. The average Bonchev–Trinajstić information content (AvgIpc) is 2.99. The van der Waals surface area contributed by atoms with Gasteiger partial charge in [0.15, 0.2) is 13.6 Å². The summed E-state index contributed by atoms with van der Waals surface area (Å²) in [7, 11) is 2.72. The molecule has 0 saturated heterocycles. The third kappa shape index (κ3) is 11.5. The molecule has 0 spiro atoms. The fourth-order valence-corrected chi connectivity index (χ4v) is 8.21. The second-order valence-corrected chi connectivity index (χ2v) is 13.5. The molecule has 2 aromatic rings. The molecule has 0 aromatic heterocycles. The molecule has 0 aliphatic heterocycles. The molecule has 2 rings (SSSR count). The van der Waals surface area contributed by atoms with Crippen molar-refractivity contribution in [2.75, 3.05) is 34.0 Å². The first-order valence-corrected chi connectivity index (χ1v) is 17.9. The van der Waals surface area contributed by atoms with Crippen LogP contribution in [0.5, 0.6) is 11.5 Å². The van der Waals surface area contributed by atoms with Crippen LogP contribution >= 0.6 is 7.92 Å². The molecule has 0 fully saturated rings. The molecule has 5 heteroatoms. The maximum Gasteiger partial charge on any atom is 0.188 e. The quantitative estimate of drug-likeness (QED) is 0.0961. The fourth-order valence-electron chi connectivity index (χ4n) is 5.29. The Balaban J connectivity index is 2.88. The third-order valence-corrected chi connectivity index (χ3v) is 10.2. The van der Waals surface area contributed by atoms with Crippen LogP contribution in [0.25, 0.3) is 0 Å². The number of hydrogen-bond acceptors (Lipinski definition) is 4. The standard InChI is InChI=1S/C36H59O4P/c1-8-13-18-29-23-31(20-15-10-3)35(39-27-37-6)33(25-29)41(22-17-12-5)34-26-30(19-14-9-2)24-32(21-16-11-4)36(34)40-28-38-7/h23-26H,8-22,27-28H2,1-7H3. The number of rotatable bonds is 23. The lowest BCUT2D eigenvalue weighted by Crippen LogP contribution is -2.23. The van der Waals surface area contributed by atoms with Crippen LogP contribution in [0.4, 0.5) is 0 Å². The number of methoxy groups -OCH3 is 2. The number of unbranched alkanes of at least 4 members (excludes halogenated alkanes) is 5. The molecule has 2 aromatic carbocycles. The number of ether oxygens (including phenoxy) is 4. The van der Waals surface area contributed by atoms with Gasteiger partial charge in [0.1, 0.15) is 11.5 Å². The molecule has 0 saturated carbocycles. The van der Waals surface area contributed by atoms with E-state index in [1.165, 1.54) is 65.0 Å². The number of aryl methyl sites for hydroxylation is 4. The minimum absolute atomic E-state index is 0.267. The van der Waals surface area contributed by atoms with E-state index in [-0.39, 0.29) is 13.6 Å². The first kappa shape index (κ1) is 35.6. The topological polar surface area (TPSA) is 36.9 Å². The van der Waals surface area contributed by atoms with Crippen molar-refractivity contribution in [3.8, 4) is 11.5 Å². The molecule has 0 amide bonds. The summed E-state index contributed by atoms with van der Waals surface area (Å²) in [5.74, 6) is 2.10. The van der Waals surface area contributed by atoms with Crippen molar-refractivity contribution >= 4 is 18.5 Å². The van der Waals surface area contributed by atoms with Gasteiger partial charge in [-0.2, -0.15) is 0 Å². The van der Waals surface area contributed by atoms with Gasteiger partial charge in [-0.15, -0.1) is 0 Å². The lowest BCUT2D eigenvalue weighted by molar-refractivity contribution is 0.0511. The van der Waals surface area contributed by atoms with Gasteiger partial charge in [0.25, 0.3) is 0 Å². The zero-order valence-electron chi connectivity index (χ0n) is 27.4. The van der Waals surface area contributed by atoms with Crippen molar-refractivity contribution in [3.63, 3.8) is 0 Å². The summed E-state index contributed by atoms with van der Waals surface area (Å²) in [6, 6.07) is 9.78. The lowest BCUT2D eigenvalue weighted by atomic mass is 10.0. The smallest absolute Gasteiger partial charge is 0.188 e. The summed E-state index contributed by atoms with van der Waals surface area (Å²) in [6.07, 6.45) is 17.2. The maximum atomic E-state index is 6.50. The fraction of sp³-hybridized carbons (Fsp3) is 0.667. The van der Waals surface area contributed by atoms with Crippen molar-refractivity contribution in [2.45, 2.75) is 125 Å². The normalized spacial score (nSPS) is 11.4. The molecular weight excluding hydrogens is 527 g/mol. The van der Waals surface area contributed by atoms with E-state index in [4.69, 9.17) is 18.9 Å². The van der Waals surface area contributed by atoms with E-state index in [2.05, 4.69) is 58.9 Å². The van der Waals surface area contributed by atoms with Gasteiger partial charge in [0, 0.05) is 24.8 Å². The highest BCUT2D eigenvalue weighted by Gasteiger charge is 2.26. The Morgan fingerprint density at radius 3 is 1.27 bits per heavy atom. The summed E-state index contributed by atoms with van der Waals surface area (Å²) in [6.45, 7) is 11.9. The maximum absolute atomic E-state index is 6.50. The van der Waals surface area contributed by atoms with Crippen LogP contribution in [0.3, 0.4) is 0 Å². The molecule has 0 heterocycles. The van der Waals surface area contributed by atoms with Crippen LogP contribution in [0.1, 0.15) is 121 Å². The van der Waals surface area contributed by atoms with Crippen molar-refractivity contribution < 1.29 is 18.9 Å². The molecule has 0 atom stereocenters. The van der Waals surface area contributed by atoms with Gasteiger partial charge in [-0.25, -0.2) is 0 Å². The first-order chi connectivity index (χ1) is 20.1. The molecule has 0 bridgehead atoms. The Morgan fingerprint density at radius 1 is 0.512 bits per heavy atom. The van der Waals surface area contributed by atoms with E-state index >= 15 is 0 Å². The average molecular weight is 587 g/mol. The van der Waals surface area contributed by atoms with Gasteiger partial charge in [0.2, 0.25) is 0 Å². The van der Waals surface area contributed by atoms with Gasteiger partial charge >= 0.3 is 0 Å². The molecule has 0 unspecified atom stereocenters. The Kier molecular flexibility index (Phi) is 18.3. The predicted octanol–water partition coefficient (Wildman–Crippen LogP) is 9.26. The molecule has 0 N–H and O–H groups in total. The summed E-state index contributed by atoms with van der Waals surface area (Å²) >= 11 is 0. The van der Waals surface area contributed by atoms with Crippen LogP contribution in [-0.2, 0) is 35.2 Å². The van der Waals surface area contributed by atoms with E-state index in [0.717, 1.165) is 75.4 Å². The first-order valence-electron chi connectivity index (χ1n) is 16.4. The van der Waals surface area contributed by atoms with Crippen molar-refractivity contribution in [1.29, 1.82) is 0 Å². The lowest BCUT2D eigenvalue weighted by Gasteiger charge is -2.28. The van der Waals surface area contributed by atoms with E-state index in [0.29, 0.717) is 0 Å². The van der Waals surface area contributed by atoms with E-state index in [1.807, 2.05) is 0 Å². The van der Waals surface area contributed by atoms with Gasteiger partial charge in [-0.3, -0.25) is 0 Å². The zero-order chi connectivity index (χ0) is 29.9. The molecule has 4 nitrogen and oxygen atoms in total. The Labute approximate surface area is 253 Å². The monoisotopic (exact) mass is 586 g/mol. The Hall–Kier alpha value is -1.61. The summed E-state index contributed by atoms with van der Waals surface area (Å²) in [5, 5.41) is 2.73. The van der Waals surface area contributed by atoms with Gasteiger partial charge in [-0.05, 0) is 106 Å². The highest BCUT2D eigenvalue weighted by molar-refractivity contribution is 7.73. The van der Waals surface area contributed by atoms with Gasteiger partial charge in [-0.1, -0.05) is 78.9 Å². The summed E-state index contributed by atoms with van der Waals surface area (Å²) < 4.78 is 23.9. The molecule has 232 valence electrons. The molecule has 0 aliphatic rings.